The molecular weight excluding hydrogens is 224 g/mol. The number of nitrogens with one attached hydrogen (secondary N) is 1. The largest absolute Gasteiger partial charge is 0.377 e. The first-order chi connectivity index (χ1) is 8.88. The average molecular weight is 250 g/mol. The minimum Gasteiger partial charge on any atom is -0.377 e. The predicted molar refractivity (Wildman–Crippen MR) is 76.8 cm³/mol. The summed E-state index contributed by atoms with van der Waals surface area (Å²) < 4.78 is 5.69. The van der Waals surface area contributed by atoms with E-state index in [2.05, 4.69) is 23.3 Å². The topological polar surface area (TPSA) is 34.1 Å². The number of anilines is 1. The Kier molecular flexibility index (Phi) is 8.23. The molecule has 3 nitrogen and oxygen atoms in total. The first-order valence-electron chi connectivity index (χ1n) is 7.08. The van der Waals surface area contributed by atoms with Gasteiger partial charge in [0.25, 0.3) is 0 Å². The van der Waals surface area contributed by atoms with Crippen molar-refractivity contribution in [3.8, 4) is 0 Å². The van der Waals surface area contributed by atoms with E-state index in [-0.39, 0.29) is 0 Å². The lowest BCUT2D eigenvalue weighted by Gasteiger charge is -2.08. The van der Waals surface area contributed by atoms with Gasteiger partial charge in [-0.2, -0.15) is 0 Å². The summed E-state index contributed by atoms with van der Waals surface area (Å²) in [5.41, 5.74) is 1.13. The van der Waals surface area contributed by atoms with Crippen molar-refractivity contribution in [3.63, 3.8) is 0 Å². The van der Waals surface area contributed by atoms with Crippen LogP contribution in [-0.4, -0.2) is 18.6 Å². The van der Waals surface area contributed by atoms with Crippen molar-refractivity contribution in [2.75, 3.05) is 19.0 Å². The highest BCUT2D eigenvalue weighted by molar-refractivity contribution is 5.42. The Labute approximate surface area is 111 Å². The zero-order chi connectivity index (χ0) is 13.1. The summed E-state index contributed by atoms with van der Waals surface area (Å²) in [4.78, 5) is 4.25. The molecule has 0 aliphatic heterocycles. The molecule has 0 aliphatic carbocycles. The van der Waals surface area contributed by atoms with E-state index < -0.39 is 0 Å². The summed E-state index contributed by atoms with van der Waals surface area (Å²) in [5.74, 6) is 0.917. The van der Waals surface area contributed by atoms with Gasteiger partial charge in [0.1, 0.15) is 5.82 Å². The van der Waals surface area contributed by atoms with Crippen LogP contribution in [0.25, 0.3) is 0 Å². The molecule has 0 aliphatic rings. The van der Waals surface area contributed by atoms with Gasteiger partial charge in [0.15, 0.2) is 0 Å². The maximum atomic E-state index is 5.69. The summed E-state index contributed by atoms with van der Waals surface area (Å²) in [7, 11) is 1.89. The Morgan fingerprint density at radius 3 is 2.72 bits per heavy atom. The van der Waals surface area contributed by atoms with Gasteiger partial charge in [-0.1, -0.05) is 45.1 Å². The van der Waals surface area contributed by atoms with Crippen LogP contribution in [0.4, 0.5) is 5.82 Å². The summed E-state index contributed by atoms with van der Waals surface area (Å²) in [6, 6.07) is 4.00. The Morgan fingerprint density at radius 2 is 1.94 bits per heavy atom. The van der Waals surface area contributed by atoms with E-state index in [0.717, 1.165) is 18.0 Å². The Morgan fingerprint density at radius 1 is 1.17 bits per heavy atom. The smallest absolute Gasteiger partial charge is 0.131 e. The lowest BCUT2D eigenvalue weighted by molar-refractivity contribution is 0.117. The lowest BCUT2D eigenvalue weighted by Crippen LogP contribution is -2.01. The van der Waals surface area contributed by atoms with Crippen LogP contribution >= 0.6 is 0 Å². The molecule has 1 aromatic heterocycles. The fourth-order valence-corrected chi connectivity index (χ4v) is 1.95. The third kappa shape index (κ3) is 6.01. The second-order valence-corrected chi connectivity index (χ2v) is 4.58. The molecule has 0 unspecified atom stereocenters. The number of nitrogens with zero attached hydrogens (tertiary/aromatic N) is 1. The van der Waals surface area contributed by atoms with Crippen LogP contribution in [0.5, 0.6) is 0 Å². The highest BCUT2D eigenvalue weighted by Crippen LogP contribution is 2.12. The molecular formula is C15H26N2O. The molecule has 0 fully saturated rings. The van der Waals surface area contributed by atoms with Crippen LogP contribution in [-0.2, 0) is 11.3 Å². The van der Waals surface area contributed by atoms with E-state index in [0.29, 0.717) is 6.61 Å². The number of rotatable bonds is 10. The quantitative estimate of drug-likeness (QED) is 0.637. The molecule has 0 saturated heterocycles. The summed E-state index contributed by atoms with van der Waals surface area (Å²) in [6.07, 6.45) is 9.62. The summed E-state index contributed by atoms with van der Waals surface area (Å²) >= 11 is 0. The minimum absolute atomic E-state index is 0.652. The molecule has 1 rings (SSSR count). The van der Waals surface area contributed by atoms with Gasteiger partial charge in [0.2, 0.25) is 0 Å². The van der Waals surface area contributed by atoms with E-state index >= 15 is 0 Å². The van der Waals surface area contributed by atoms with Gasteiger partial charge >= 0.3 is 0 Å². The second-order valence-electron chi connectivity index (χ2n) is 4.58. The van der Waals surface area contributed by atoms with Crippen molar-refractivity contribution in [2.45, 2.75) is 52.1 Å². The van der Waals surface area contributed by atoms with E-state index in [4.69, 9.17) is 4.74 Å². The van der Waals surface area contributed by atoms with Crippen LogP contribution in [0.15, 0.2) is 18.3 Å². The van der Waals surface area contributed by atoms with Crippen molar-refractivity contribution in [2.24, 2.45) is 0 Å². The number of hydrogen-bond donors (Lipinski definition) is 1. The third-order valence-electron chi connectivity index (χ3n) is 3.03. The van der Waals surface area contributed by atoms with Crippen LogP contribution in [0.1, 0.15) is 51.0 Å². The van der Waals surface area contributed by atoms with Crippen LogP contribution in [0, 0.1) is 0 Å². The Balaban J connectivity index is 2.07. The van der Waals surface area contributed by atoms with Gasteiger partial charge in [-0.15, -0.1) is 0 Å². The standard InChI is InChI=1S/C15H26N2O/c1-3-4-5-6-7-8-12-18-13-14-10-9-11-17-15(14)16-2/h9-11H,3-8,12-13H2,1-2H3,(H,16,17). The summed E-state index contributed by atoms with van der Waals surface area (Å²) in [6.45, 7) is 3.75. The highest BCUT2D eigenvalue weighted by Gasteiger charge is 2.00. The molecule has 18 heavy (non-hydrogen) atoms. The van der Waals surface area contributed by atoms with Gasteiger partial charge in [-0.25, -0.2) is 4.98 Å². The molecule has 1 N–H and O–H groups in total. The highest BCUT2D eigenvalue weighted by atomic mass is 16.5. The molecule has 1 heterocycles. The van der Waals surface area contributed by atoms with Gasteiger partial charge in [0.05, 0.1) is 6.61 Å². The molecule has 0 spiro atoms. The first kappa shape index (κ1) is 15.0. The van der Waals surface area contributed by atoms with Crippen molar-refractivity contribution in [1.82, 2.24) is 4.98 Å². The first-order valence-corrected chi connectivity index (χ1v) is 7.08. The predicted octanol–water partition coefficient (Wildman–Crippen LogP) is 4.00. The van der Waals surface area contributed by atoms with Crippen molar-refractivity contribution < 1.29 is 4.74 Å². The molecule has 1 aromatic rings. The SMILES string of the molecule is CCCCCCCCOCc1cccnc1NC. The molecule has 0 atom stereocenters. The fourth-order valence-electron chi connectivity index (χ4n) is 1.95. The average Bonchev–Trinajstić information content (AvgIpc) is 2.42. The third-order valence-corrected chi connectivity index (χ3v) is 3.03. The fraction of sp³-hybridized carbons (Fsp3) is 0.667. The van der Waals surface area contributed by atoms with Crippen LogP contribution < -0.4 is 5.32 Å². The number of aromatic nitrogens is 1. The van der Waals surface area contributed by atoms with Crippen LogP contribution in [0.3, 0.4) is 0 Å². The van der Waals surface area contributed by atoms with Gasteiger partial charge in [-0.3, -0.25) is 0 Å². The molecule has 0 aromatic carbocycles. The van der Waals surface area contributed by atoms with Crippen molar-refractivity contribution in [3.05, 3.63) is 23.9 Å². The molecule has 0 amide bonds. The zero-order valence-electron chi connectivity index (χ0n) is 11.7. The molecule has 0 saturated carbocycles. The van der Waals surface area contributed by atoms with Crippen molar-refractivity contribution in [1.29, 1.82) is 0 Å². The number of ether oxygens (including phenoxy) is 1. The summed E-state index contributed by atoms with van der Waals surface area (Å²) in [5, 5.41) is 3.08. The monoisotopic (exact) mass is 250 g/mol. The Bertz CT molecular complexity index is 315. The molecule has 102 valence electrons. The van der Waals surface area contributed by atoms with E-state index in [1.807, 2.05) is 13.1 Å². The lowest BCUT2D eigenvalue weighted by atomic mass is 10.1. The number of hydrogen-bond acceptors (Lipinski definition) is 3. The second kappa shape index (κ2) is 9.89. The zero-order valence-corrected chi connectivity index (χ0v) is 11.7. The van der Waals surface area contributed by atoms with E-state index in [1.165, 1.54) is 38.5 Å². The molecule has 0 radical (unpaired) electrons. The minimum atomic E-state index is 0.652. The number of pyridine rings is 1. The Hall–Kier alpha value is -1.09. The van der Waals surface area contributed by atoms with Crippen LogP contribution in [0.2, 0.25) is 0 Å². The van der Waals surface area contributed by atoms with Crippen molar-refractivity contribution >= 4 is 5.82 Å². The van der Waals surface area contributed by atoms with E-state index in [9.17, 15) is 0 Å². The van der Waals surface area contributed by atoms with Gasteiger partial charge in [-0.05, 0) is 12.5 Å². The van der Waals surface area contributed by atoms with Gasteiger partial charge < -0.3 is 10.1 Å². The molecule has 3 heteroatoms. The van der Waals surface area contributed by atoms with E-state index in [1.54, 1.807) is 6.20 Å². The molecule has 0 bridgehead atoms. The maximum Gasteiger partial charge on any atom is 0.131 e. The maximum absolute atomic E-state index is 5.69. The normalized spacial score (nSPS) is 10.6. The number of unbranched alkanes of at least 4 members (excludes halogenated alkanes) is 5. The van der Waals surface area contributed by atoms with Gasteiger partial charge in [0, 0.05) is 25.4 Å².